The fourth-order valence-corrected chi connectivity index (χ4v) is 4.61. The van der Waals surface area contributed by atoms with Crippen LogP contribution in [0, 0.1) is 27.3 Å². The Kier molecular flexibility index (Phi) is 4.38. The summed E-state index contributed by atoms with van der Waals surface area (Å²) in [4.78, 5) is 3.72. The molecule has 150 valence electrons. The molecule has 0 N–H and O–H groups in total. The van der Waals surface area contributed by atoms with Gasteiger partial charge < -0.3 is 4.42 Å². The van der Waals surface area contributed by atoms with Gasteiger partial charge in [-0.3, -0.25) is 0 Å². The van der Waals surface area contributed by atoms with E-state index >= 15 is 0 Å². The summed E-state index contributed by atoms with van der Waals surface area (Å²) in [6.45, 7) is 14.0. The summed E-state index contributed by atoms with van der Waals surface area (Å²) in [6.07, 6.45) is 2.05. The predicted molar refractivity (Wildman–Crippen MR) is 126 cm³/mol. The predicted octanol–water partition coefficient (Wildman–Crippen LogP) is 7.22. The quantitative estimate of drug-likeness (QED) is 0.225. The van der Waals surface area contributed by atoms with E-state index in [1.807, 2.05) is 37.5 Å². The summed E-state index contributed by atoms with van der Waals surface area (Å²) >= 11 is 0. The van der Waals surface area contributed by atoms with E-state index in [0.29, 0.717) is 11.3 Å². The lowest BCUT2D eigenvalue weighted by atomic mass is 9.90. The van der Waals surface area contributed by atoms with Crippen LogP contribution >= 0.6 is 0 Å². The molecule has 0 aliphatic heterocycles. The van der Waals surface area contributed by atoms with Crippen LogP contribution < -0.4 is 4.57 Å². The van der Waals surface area contributed by atoms with Gasteiger partial charge in [0, 0.05) is 22.9 Å². The Morgan fingerprint density at radius 2 is 1.68 bits per heavy atom. The lowest BCUT2D eigenvalue weighted by Crippen LogP contribution is -2.30. The van der Waals surface area contributed by atoms with Gasteiger partial charge in [0.15, 0.2) is 6.20 Å². The Hall–Kier alpha value is -3.90. The van der Waals surface area contributed by atoms with Crippen LogP contribution in [0.4, 0.5) is 5.69 Å². The fraction of sp³-hybridized carbons (Fsp3) is 0.143. The molecule has 31 heavy (non-hydrogen) atoms. The molecule has 0 saturated heterocycles. The second-order valence-corrected chi connectivity index (χ2v) is 8.20. The second kappa shape index (κ2) is 7.11. The lowest BCUT2D eigenvalue weighted by Gasteiger charge is -2.13. The molecule has 0 saturated carbocycles. The molecule has 5 rings (SSSR count). The van der Waals surface area contributed by atoms with Gasteiger partial charge in [0.25, 0.3) is 0 Å². The van der Waals surface area contributed by atoms with Crippen molar-refractivity contribution < 1.29 is 8.98 Å². The zero-order valence-electron chi connectivity index (χ0n) is 18.2. The maximum absolute atomic E-state index is 7.63. The number of nitrogens with zero attached hydrogens (tertiary/aromatic N) is 2. The van der Waals surface area contributed by atoms with Crippen LogP contribution in [0.5, 0.6) is 0 Å². The van der Waals surface area contributed by atoms with Crippen molar-refractivity contribution in [3.05, 3.63) is 95.0 Å². The van der Waals surface area contributed by atoms with E-state index in [4.69, 9.17) is 11.0 Å². The number of fused-ring (bicyclic) bond motifs is 3. The number of rotatable bonds is 2. The molecular weight excluding hydrogens is 380 g/mol. The Balaban J connectivity index is 2.00. The van der Waals surface area contributed by atoms with E-state index in [9.17, 15) is 0 Å². The standard InChI is InChI=1S/C28H23N2O/c1-17-12-13-20(18(2)15-17)22-16-19(3)25(24-11-6-7-14-30(24)5)28-26(22)21-9-8-10-23(29-4)27(21)31-28/h6-16H,1-3,5H3/q+1. The van der Waals surface area contributed by atoms with Gasteiger partial charge in [0.1, 0.15) is 18.2 Å². The Labute approximate surface area is 182 Å². The summed E-state index contributed by atoms with van der Waals surface area (Å²) in [5, 5.41) is 2.05. The van der Waals surface area contributed by atoms with Crippen LogP contribution in [0.15, 0.2) is 71.3 Å². The maximum atomic E-state index is 7.63. The topological polar surface area (TPSA) is 21.4 Å². The van der Waals surface area contributed by atoms with Crippen molar-refractivity contribution in [3.8, 4) is 22.4 Å². The molecule has 3 heteroatoms. The third kappa shape index (κ3) is 2.92. The lowest BCUT2D eigenvalue weighted by molar-refractivity contribution is -0.660. The summed E-state index contributed by atoms with van der Waals surface area (Å²) in [5.41, 5.74) is 10.1. The molecular formula is C28H23N2O+. The van der Waals surface area contributed by atoms with Crippen LogP contribution in [0.1, 0.15) is 16.7 Å². The monoisotopic (exact) mass is 403 g/mol. The number of benzene rings is 3. The van der Waals surface area contributed by atoms with Crippen molar-refractivity contribution in [2.45, 2.75) is 20.8 Å². The minimum Gasteiger partial charge on any atom is -0.466 e. The highest BCUT2D eigenvalue weighted by molar-refractivity contribution is 6.18. The van der Waals surface area contributed by atoms with Crippen molar-refractivity contribution >= 4 is 27.6 Å². The van der Waals surface area contributed by atoms with Crippen LogP contribution in [0.3, 0.4) is 0 Å². The summed E-state index contributed by atoms with van der Waals surface area (Å²) in [6, 6.07) is 20.8. The van der Waals surface area contributed by atoms with Crippen LogP contribution in [0.2, 0.25) is 0 Å². The van der Waals surface area contributed by atoms with E-state index in [1.54, 1.807) is 0 Å². The molecule has 0 aliphatic carbocycles. The SMILES string of the molecule is [C-]#[N+]c1cccc2c1oc1c(-c3cccc[n+]3C)c(C)cc(-c3ccc(C)cc3C)c12. The third-order valence-electron chi connectivity index (χ3n) is 6.05. The molecule has 3 aromatic carbocycles. The van der Waals surface area contributed by atoms with Gasteiger partial charge in [-0.05, 0) is 55.2 Å². The number of para-hydroxylation sites is 1. The van der Waals surface area contributed by atoms with Gasteiger partial charge in [-0.15, -0.1) is 0 Å². The van der Waals surface area contributed by atoms with Gasteiger partial charge in [-0.1, -0.05) is 42.0 Å². The number of hydrogen-bond donors (Lipinski definition) is 0. The fourth-order valence-electron chi connectivity index (χ4n) is 4.61. The molecule has 0 amide bonds. The molecule has 0 atom stereocenters. The third-order valence-corrected chi connectivity index (χ3v) is 6.05. The first-order valence-electron chi connectivity index (χ1n) is 10.4. The zero-order chi connectivity index (χ0) is 21.7. The molecule has 0 aliphatic rings. The van der Waals surface area contributed by atoms with Gasteiger partial charge in [0.2, 0.25) is 11.4 Å². The molecule has 0 radical (unpaired) electrons. The minimum absolute atomic E-state index is 0.543. The van der Waals surface area contributed by atoms with Gasteiger partial charge >= 0.3 is 0 Å². The number of pyridine rings is 1. The molecule has 2 heterocycles. The normalized spacial score (nSPS) is 11.2. The van der Waals surface area contributed by atoms with E-state index < -0.39 is 0 Å². The van der Waals surface area contributed by atoms with Gasteiger partial charge in [-0.2, -0.15) is 0 Å². The van der Waals surface area contributed by atoms with Crippen LogP contribution in [-0.4, -0.2) is 0 Å². The number of furan rings is 1. The van der Waals surface area contributed by atoms with Crippen LogP contribution in [-0.2, 0) is 7.05 Å². The smallest absolute Gasteiger partial charge is 0.229 e. The summed E-state index contributed by atoms with van der Waals surface area (Å²) < 4.78 is 8.61. The number of aromatic nitrogens is 1. The van der Waals surface area contributed by atoms with Crippen molar-refractivity contribution in [1.29, 1.82) is 0 Å². The van der Waals surface area contributed by atoms with Crippen LogP contribution in [0.25, 0.3) is 49.2 Å². The zero-order valence-corrected chi connectivity index (χ0v) is 18.2. The molecule has 0 fully saturated rings. The average molecular weight is 404 g/mol. The van der Waals surface area contributed by atoms with E-state index in [-0.39, 0.29) is 0 Å². The Morgan fingerprint density at radius 1 is 0.839 bits per heavy atom. The molecule has 3 nitrogen and oxygen atoms in total. The molecule has 0 spiro atoms. The van der Waals surface area contributed by atoms with Crippen molar-refractivity contribution in [3.63, 3.8) is 0 Å². The second-order valence-electron chi connectivity index (χ2n) is 8.20. The largest absolute Gasteiger partial charge is 0.466 e. The first-order chi connectivity index (χ1) is 15.0. The maximum Gasteiger partial charge on any atom is 0.229 e. The highest BCUT2D eigenvalue weighted by atomic mass is 16.3. The van der Waals surface area contributed by atoms with E-state index in [2.05, 4.69) is 66.6 Å². The average Bonchev–Trinajstić information content (AvgIpc) is 3.14. The highest BCUT2D eigenvalue weighted by Gasteiger charge is 2.24. The molecule has 0 bridgehead atoms. The summed E-state index contributed by atoms with van der Waals surface area (Å²) in [7, 11) is 2.05. The molecule has 0 unspecified atom stereocenters. The molecule has 5 aromatic rings. The minimum atomic E-state index is 0.543. The number of aryl methyl sites for hydroxylation is 4. The first-order valence-corrected chi connectivity index (χ1v) is 10.4. The highest BCUT2D eigenvalue weighted by Crippen LogP contribution is 2.45. The number of hydrogen-bond acceptors (Lipinski definition) is 1. The van der Waals surface area contributed by atoms with E-state index in [1.165, 1.54) is 16.7 Å². The van der Waals surface area contributed by atoms with E-state index in [0.717, 1.165) is 38.7 Å². The van der Waals surface area contributed by atoms with Crippen molar-refractivity contribution in [1.82, 2.24) is 0 Å². The van der Waals surface area contributed by atoms with Crippen molar-refractivity contribution in [2.75, 3.05) is 0 Å². The first kappa shape index (κ1) is 19.1. The Morgan fingerprint density at radius 3 is 2.42 bits per heavy atom. The van der Waals surface area contributed by atoms with Crippen molar-refractivity contribution in [2.24, 2.45) is 7.05 Å². The van der Waals surface area contributed by atoms with Gasteiger partial charge in [-0.25, -0.2) is 9.41 Å². The molecule has 2 aromatic heterocycles. The summed E-state index contributed by atoms with van der Waals surface area (Å²) in [5.74, 6) is 0. The van der Waals surface area contributed by atoms with Gasteiger partial charge in [0.05, 0.1) is 12.1 Å². The Bertz CT molecular complexity index is 1530.